The second-order valence-electron chi connectivity index (χ2n) is 11.1. The number of carboxylic acids is 2. The van der Waals surface area contributed by atoms with Gasteiger partial charge in [0, 0.05) is 30.0 Å². The lowest BCUT2D eigenvalue weighted by atomic mass is 9.84. The predicted octanol–water partition coefficient (Wildman–Crippen LogP) is -1.06. The van der Waals surface area contributed by atoms with Crippen LogP contribution >= 0.6 is 11.3 Å². The van der Waals surface area contributed by atoms with Crippen LogP contribution in [-0.2, 0) is 45.2 Å². The number of carboxylic acid groups (broad SMARTS) is 2. The molecule has 294 valence electrons. The Morgan fingerprint density at radius 3 is 2.33 bits per heavy atom. The smallest absolute Gasteiger partial charge is 0.430 e. The number of aromatic nitrogens is 3. The molecule has 0 unspecified atom stereocenters. The van der Waals surface area contributed by atoms with Gasteiger partial charge in [0.05, 0.1) is 11.7 Å². The summed E-state index contributed by atoms with van der Waals surface area (Å²) in [6.07, 6.45) is -1.07. The Hall–Kier alpha value is -5.70. The Balaban J connectivity index is 0.00000102. The lowest BCUT2D eigenvalue weighted by Crippen LogP contribution is -2.76. The predicted molar refractivity (Wildman–Crippen MR) is 172 cm³/mol. The summed E-state index contributed by atoms with van der Waals surface area (Å²) < 4.78 is 80.1. The Bertz CT molecular complexity index is 1940. The summed E-state index contributed by atoms with van der Waals surface area (Å²) in [7, 11) is -5.02. The molecule has 2 amide bonds. The number of aryl methyl sites for hydroxylation is 1. The fourth-order valence-corrected chi connectivity index (χ4v) is 5.02. The molecule has 26 heteroatoms. The first-order valence-corrected chi connectivity index (χ1v) is 17.1. The van der Waals surface area contributed by atoms with Gasteiger partial charge in [-0.2, -0.15) is 26.7 Å². The summed E-state index contributed by atoms with van der Waals surface area (Å²) in [6.45, 7) is 3.50. The van der Waals surface area contributed by atoms with Crippen molar-refractivity contribution in [3.63, 3.8) is 0 Å². The molecule has 0 radical (unpaired) electrons. The first kappa shape index (κ1) is 42.7. The third-order valence-electron chi connectivity index (χ3n) is 6.69. The molecule has 3 aromatic heterocycles. The number of alkyl halides is 3. The number of nitrogens with one attached hydrogen (secondary N) is 1. The summed E-state index contributed by atoms with van der Waals surface area (Å²) in [6, 6.07) is 5.21. The van der Waals surface area contributed by atoms with Gasteiger partial charge in [-0.3, -0.25) is 14.1 Å². The van der Waals surface area contributed by atoms with Crippen LogP contribution in [0.3, 0.4) is 0 Å². The van der Waals surface area contributed by atoms with Gasteiger partial charge in [0.2, 0.25) is 5.88 Å². The van der Waals surface area contributed by atoms with Crippen molar-refractivity contribution in [2.45, 2.75) is 50.7 Å². The monoisotopic (exact) mass is 808 g/mol. The number of oxime groups is 1. The lowest BCUT2D eigenvalue weighted by Gasteiger charge is -2.50. The summed E-state index contributed by atoms with van der Waals surface area (Å²) in [5, 5.41) is 26.3. The molecule has 4 heterocycles. The largest absolute Gasteiger partial charge is 0.542 e. The molecule has 0 bridgehead atoms. The van der Waals surface area contributed by atoms with Crippen molar-refractivity contribution in [3.8, 4) is 17.4 Å². The van der Waals surface area contributed by atoms with Crippen molar-refractivity contribution >= 4 is 56.3 Å². The van der Waals surface area contributed by atoms with Gasteiger partial charge in [-0.25, -0.2) is 19.3 Å². The van der Waals surface area contributed by atoms with E-state index in [-0.39, 0.29) is 22.5 Å². The summed E-state index contributed by atoms with van der Waals surface area (Å²) in [5.74, 6) is -5.56. The number of carbonyl (C=O) groups excluding carboxylic acids is 3. The van der Waals surface area contributed by atoms with Crippen LogP contribution in [-0.4, -0.2) is 99.6 Å². The average molecular weight is 809 g/mol. The fourth-order valence-electron chi connectivity index (χ4n) is 4.02. The Morgan fingerprint density at radius 2 is 1.85 bits per heavy atom. The number of nitrogen functional groups attached to an aromatic ring is 1. The molecule has 0 aromatic carbocycles. The van der Waals surface area contributed by atoms with Crippen molar-refractivity contribution in [2.24, 2.45) is 10.9 Å². The van der Waals surface area contributed by atoms with Crippen LogP contribution in [0.25, 0.3) is 0 Å². The molecule has 1 aliphatic rings. The lowest BCUT2D eigenvalue weighted by molar-refractivity contribution is -0.697. The van der Waals surface area contributed by atoms with Gasteiger partial charge in [-0.05, 0) is 26.5 Å². The second-order valence-corrected chi connectivity index (χ2v) is 13.0. The van der Waals surface area contributed by atoms with Crippen molar-refractivity contribution in [1.82, 2.24) is 20.3 Å². The molecular formula is C28H31F3N8O13S2. The molecule has 7 N–H and O–H groups in total. The molecule has 1 aliphatic heterocycles. The van der Waals surface area contributed by atoms with E-state index in [1.165, 1.54) is 37.6 Å². The fraction of sp³-hybridized carbons (Fsp3) is 0.357. The minimum absolute atomic E-state index is 0.0461. The number of hydrogen-bond acceptors (Lipinski definition) is 17. The highest BCUT2D eigenvalue weighted by Gasteiger charge is 2.58. The number of β-lactam (4-membered cyclic amide) rings is 1. The molecule has 3 aromatic rings. The third kappa shape index (κ3) is 12.2. The number of amides is 2. The highest BCUT2D eigenvalue weighted by Crippen LogP contribution is 2.33. The number of anilines is 1. The second kappa shape index (κ2) is 17.9. The van der Waals surface area contributed by atoms with Crippen LogP contribution in [0.5, 0.6) is 17.4 Å². The summed E-state index contributed by atoms with van der Waals surface area (Å²) in [5.41, 5.74) is 9.13. The molecular weight excluding hydrogens is 777 g/mol. The summed E-state index contributed by atoms with van der Waals surface area (Å²) in [4.78, 5) is 59.6. The molecule has 0 spiro atoms. The van der Waals surface area contributed by atoms with Gasteiger partial charge < -0.3 is 46.1 Å². The molecule has 0 aliphatic carbocycles. The van der Waals surface area contributed by atoms with E-state index in [2.05, 4.69) is 24.7 Å². The van der Waals surface area contributed by atoms with Gasteiger partial charge in [0.15, 0.2) is 23.2 Å². The van der Waals surface area contributed by atoms with Crippen molar-refractivity contribution in [2.75, 3.05) is 18.9 Å². The maximum Gasteiger partial charge on any atom is 0.430 e. The van der Waals surface area contributed by atoms with E-state index in [1.54, 1.807) is 12.1 Å². The number of nitrogens with zero attached hydrogens (tertiary/aromatic N) is 5. The number of pyridine rings is 2. The number of hydroxylamine groups is 2. The maximum atomic E-state index is 13.2. The zero-order valence-electron chi connectivity index (χ0n) is 27.8. The first-order valence-electron chi connectivity index (χ1n) is 14.9. The van der Waals surface area contributed by atoms with Crippen molar-refractivity contribution in [3.05, 3.63) is 53.9 Å². The first-order chi connectivity index (χ1) is 25.1. The van der Waals surface area contributed by atoms with Gasteiger partial charge >= 0.3 is 22.5 Å². The molecule has 1 saturated heterocycles. The number of halogens is 3. The van der Waals surface area contributed by atoms with Gasteiger partial charge in [-0.15, -0.1) is 15.6 Å². The Morgan fingerprint density at radius 1 is 1.20 bits per heavy atom. The average Bonchev–Trinajstić information content (AvgIpc) is 3.52. The normalized spacial score (nSPS) is 15.9. The number of rotatable bonds is 16. The van der Waals surface area contributed by atoms with Crippen LogP contribution in [0.2, 0.25) is 0 Å². The van der Waals surface area contributed by atoms with Crippen LogP contribution in [0, 0.1) is 0 Å². The van der Waals surface area contributed by atoms with Crippen LogP contribution < -0.4 is 35.9 Å². The molecule has 54 heavy (non-hydrogen) atoms. The van der Waals surface area contributed by atoms with E-state index in [0.717, 1.165) is 24.3 Å². The summed E-state index contributed by atoms with van der Waals surface area (Å²) >= 11 is 0.946. The van der Waals surface area contributed by atoms with Crippen LogP contribution in [0.4, 0.5) is 18.3 Å². The molecule has 4 rings (SSSR count). The topological polar surface area (TPSA) is 312 Å². The molecule has 1 fully saturated rings. The van der Waals surface area contributed by atoms with E-state index in [1.807, 2.05) is 17.0 Å². The zero-order valence-corrected chi connectivity index (χ0v) is 29.5. The maximum absolute atomic E-state index is 13.2. The number of aliphatic carboxylic acids is 2. The van der Waals surface area contributed by atoms with Crippen LogP contribution in [0.1, 0.15) is 26.0 Å². The highest BCUT2D eigenvalue weighted by molar-refractivity contribution is 7.80. The van der Waals surface area contributed by atoms with E-state index in [0.29, 0.717) is 17.4 Å². The number of thiazole rings is 1. The van der Waals surface area contributed by atoms with E-state index in [4.69, 9.17) is 40.2 Å². The standard InChI is InChI=1S/C26H30N8O11S2.C2HF3O2/c1-26(2)21(23(36)34(26)45-47(39,40)41)31-22(35)20(17-14-46-25(28)30-17)32-44-18(24(37)38)13-42-16-4-5-19(29-12-16)43-15-6-10-33(11-7-15)9-3-8-27;3-2(4,5)1(6)7/h4-7,10-12,14,18,21H,3,8-9,13,27H2,1-2H3,(H4-,28,30,31,35,37,38,39,40,41);(H,6,7)/b32-20-;/t18-,21+;/m0./s1. The molecule has 0 saturated carbocycles. The van der Waals surface area contributed by atoms with Crippen LogP contribution in [0.15, 0.2) is 53.4 Å². The van der Waals surface area contributed by atoms with Crippen molar-refractivity contribution in [1.29, 1.82) is 0 Å². The minimum atomic E-state index is -5.19. The van der Waals surface area contributed by atoms with Gasteiger partial charge in [0.25, 0.3) is 17.9 Å². The number of carbonyl (C=O) groups is 4. The van der Waals surface area contributed by atoms with E-state index in [9.17, 15) is 41.1 Å². The third-order valence-corrected chi connectivity index (χ3v) is 7.70. The highest BCUT2D eigenvalue weighted by atomic mass is 32.3. The minimum Gasteiger partial charge on any atom is -0.542 e. The van der Waals surface area contributed by atoms with Gasteiger partial charge in [-0.1, -0.05) is 5.16 Å². The number of ether oxygens (including phenoxy) is 2. The number of hydrogen-bond donors (Lipinski definition) is 5. The Labute approximate surface area is 306 Å². The molecule has 21 nitrogen and oxygen atoms in total. The van der Waals surface area contributed by atoms with E-state index < -0.39 is 70.3 Å². The Kier molecular flexibility index (Phi) is 14.1. The number of nitrogens with two attached hydrogens (primary N) is 2. The SMILES string of the molecule is CC1(C)[C@H](NC(=O)/C(=N\O[C@@H](COc2ccc(Oc3cc[n+](CCCN)cc3)nc2)C(=O)O)c2csc(N)n2)C(=O)N1OS(=O)(=O)O.O=C([O-])C(F)(F)F. The van der Waals surface area contributed by atoms with E-state index >= 15 is 0 Å². The molecule has 2 atom stereocenters. The van der Waals surface area contributed by atoms with Crippen molar-refractivity contribution < 1.29 is 78.7 Å². The quantitative estimate of drug-likeness (QED) is 0.0379. The van der Waals surface area contributed by atoms with Gasteiger partial charge in [0.1, 0.15) is 42.4 Å². The zero-order chi connectivity index (χ0) is 40.4.